The van der Waals surface area contributed by atoms with Crippen LogP contribution in [0.4, 0.5) is 0 Å². The van der Waals surface area contributed by atoms with Crippen molar-refractivity contribution in [2.75, 3.05) is 12.3 Å². The van der Waals surface area contributed by atoms with Gasteiger partial charge in [-0.25, -0.2) is 0 Å². The molecule has 0 aliphatic rings. The van der Waals surface area contributed by atoms with Crippen LogP contribution in [0.15, 0.2) is 17.5 Å². The first-order chi connectivity index (χ1) is 7.18. The van der Waals surface area contributed by atoms with Crippen LogP contribution in [-0.2, 0) is 10.5 Å². The normalized spacial score (nSPS) is 10.6. The molecular formula is C11H17NOS2. The summed E-state index contributed by atoms with van der Waals surface area (Å²) in [4.78, 5) is 12.7. The highest BCUT2D eigenvalue weighted by molar-refractivity contribution is 7.99. The Labute approximate surface area is 99.5 Å². The molecule has 1 amide bonds. The van der Waals surface area contributed by atoms with Gasteiger partial charge in [-0.1, -0.05) is 19.9 Å². The zero-order valence-corrected chi connectivity index (χ0v) is 10.8. The number of hydrogen-bond acceptors (Lipinski definition) is 3. The summed E-state index contributed by atoms with van der Waals surface area (Å²) in [7, 11) is 0. The lowest BCUT2D eigenvalue weighted by molar-refractivity contribution is -0.118. The van der Waals surface area contributed by atoms with Crippen LogP contribution in [0.5, 0.6) is 0 Å². The largest absolute Gasteiger partial charge is 0.355 e. The van der Waals surface area contributed by atoms with Crippen LogP contribution in [0.2, 0.25) is 0 Å². The van der Waals surface area contributed by atoms with Crippen LogP contribution in [0, 0.1) is 5.92 Å². The van der Waals surface area contributed by atoms with Crippen molar-refractivity contribution in [1.29, 1.82) is 0 Å². The molecule has 0 aliphatic carbocycles. The molecule has 15 heavy (non-hydrogen) atoms. The molecular weight excluding hydrogens is 226 g/mol. The fraction of sp³-hybridized carbons (Fsp3) is 0.545. The molecule has 84 valence electrons. The first-order valence-electron chi connectivity index (χ1n) is 5.05. The molecule has 0 bridgehead atoms. The van der Waals surface area contributed by atoms with Gasteiger partial charge < -0.3 is 5.32 Å². The van der Waals surface area contributed by atoms with E-state index < -0.39 is 0 Å². The van der Waals surface area contributed by atoms with Gasteiger partial charge in [-0.2, -0.15) is 0 Å². The van der Waals surface area contributed by atoms with Crippen molar-refractivity contribution in [3.8, 4) is 0 Å². The molecule has 4 heteroatoms. The van der Waals surface area contributed by atoms with Gasteiger partial charge in [0.05, 0.1) is 5.75 Å². The summed E-state index contributed by atoms with van der Waals surface area (Å²) in [6.07, 6.45) is 0. The zero-order chi connectivity index (χ0) is 11.1. The van der Waals surface area contributed by atoms with Crippen LogP contribution >= 0.6 is 23.1 Å². The summed E-state index contributed by atoms with van der Waals surface area (Å²) in [5.41, 5.74) is 0. The molecule has 0 aromatic carbocycles. The third kappa shape index (κ3) is 5.85. The Morgan fingerprint density at radius 2 is 2.40 bits per heavy atom. The summed E-state index contributed by atoms with van der Waals surface area (Å²) in [6, 6.07) is 4.14. The van der Waals surface area contributed by atoms with E-state index in [1.807, 2.05) is 6.07 Å². The molecule has 1 N–H and O–H groups in total. The van der Waals surface area contributed by atoms with Crippen molar-refractivity contribution in [3.05, 3.63) is 22.4 Å². The first kappa shape index (κ1) is 12.6. The maximum Gasteiger partial charge on any atom is 0.230 e. The number of thiophene rings is 1. The van der Waals surface area contributed by atoms with E-state index in [1.54, 1.807) is 23.1 Å². The topological polar surface area (TPSA) is 29.1 Å². The predicted octanol–water partition coefficient (Wildman–Crippen LogP) is 2.75. The van der Waals surface area contributed by atoms with Crippen LogP contribution in [-0.4, -0.2) is 18.2 Å². The lowest BCUT2D eigenvalue weighted by Gasteiger charge is -2.06. The fourth-order valence-corrected chi connectivity index (χ4v) is 2.71. The summed E-state index contributed by atoms with van der Waals surface area (Å²) in [6.45, 7) is 4.97. The van der Waals surface area contributed by atoms with Gasteiger partial charge in [0, 0.05) is 17.2 Å². The van der Waals surface area contributed by atoms with Crippen LogP contribution in [0.25, 0.3) is 0 Å². The van der Waals surface area contributed by atoms with Crippen molar-refractivity contribution < 1.29 is 4.79 Å². The van der Waals surface area contributed by atoms with E-state index in [4.69, 9.17) is 0 Å². The van der Waals surface area contributed by atoms with Crippen LogP contribution < -0.4 is 5.32 Å². The standard InChI is InChI=1S/C11H17NOS2/c1-9(2)6-12-11(13)8-14-7-10-4-3-5-15-10/h3-5,9H,6-8H2,1-2H3,(H,12,13). The monoisotopic (exact) mass is 243 g/mol. The van der Waals surface area contributed by atoms with E-state index in [-0.39, 0.29) is 5.91 Å². The molecule has 2 nitrogen and oxygen atoms in total. The van der Waals surface area contributed by atoms with E-state index >= 15 is 0 Å². The Kier molecular flexibility index (Phi) is 5.79. The van der Waals surface area contributed by atoms with Gasteiger partial charge >= 0.3 is 0 Å². The molecule has 1 heterocycles. The van der Waals surface area contributed by atoms with Crippen molar-refractivity contribution in [3.63, 3.8) is 0 Å². The summed E-state index contributed by atoms with van der Waals surface area (Å²) in [5, 5.41) is 4.97. The van der Waals surface area contributed by atoms with E-state index in [0.717, 1.165) is 12.3 Å². The molecule has 0 saturated heterocycles. The molecule has 0 atom stereocenters. The lowest BCUT2D eigenvalue weighted by atomic mass is 10.2. The highest BCUT2D eigenvalue weighted by Crippen LogP contribution is 2.16. The lowest BCUT2D eigenvalue weighted by Crippen LogP contribution is -2.28. The van der Waals surface area contributed by atoms with Crippen molar-refractivity contribution in [2.45, 2.75) is 19.6 Å². The zero-order valence-electron chi connectivity index (χ0n) is 9.16. The second-order valence-electron chi connectivity index (χ2n) is 3.77. The first-order valence-corrected chi connectivity index (χ1v) is 7.08. The number of rotatable bonds is 6. The quantitative estimate of drug-likeness (QED) is 0.832. The predicted molar refractivity (Wildman–Crippen MR) is 68.3 cm³/mol. The smallest absolute Gasteiger partial charge is 0.230 e. The number of nitrogens with one attached hydrogen (secondary N) is 1. The summed E-state index contributed by atoms with van der Waals surface area (Å²) < 4.78 is 0. The van der Waals surface area contributed by atoms with Crippen LogP contribution in [0.1, 0.15) is 18.7 Å². The van der Waals surface area contributed by atoms with Gasteiger partial charge in [0.25, 0.3) is 0 Å². The molecule has 0 saturated carbocycles. The highest BCUT2D eigenvalue weighted by Gasteiger charge is 2.02. The Balaban J connectivity index is 2.07. The molecule has 1 aromatic rings. The van der Waals surface area contributed by atoms with Gasteiger partial charge in [0.15, 0.2) is 0 Å². The van der Waals surface area contributed by atoms with Gasteiger partial charge in [-0.15, -0.1) is 23.1 Å². The molecule has 1 rings (SSSR count). The highest BCUT2D eigenvalue weighted by atomic mass is 32.2. The number of carbonyl (C=O) groups excluding carboxylic acids is 1. The number of carbonyl (C=O) groups is 1. The average molecular weight is 243 g/mol. The minimum absolute atomic E-state index is 0.144. The van der Waals surface area contributed by atoms with Gasteiger partial charge in [-0.3, -0.25) is 4.79 Å². The molecule has 0 radical (unpaired) electrons. The van der Waals surface area contributed by atoms with Crippen molar-refractivity contribution >= 4 is 29.0 Å². The Morgan fingerprint density at radius 3 is 3.00 bits per heavy atom. The Hall–Kier alpha value is -0.480. The summed E-state index contributed by atoms with van der Waals surface area (Å²) in [5.74, 6) is 2.17. The molecule has 0 unspecified atom stereocenters. The van der Waals surface area contributed by atoms with E-state index in [9.17, 15) is 4.79 Å². The third-order valence-electron chi connectivity index (χ3n) is 1.77. The third-order valence-corrected chi connectivity index (χ3v) is 3.81. The minimum atomic E-state index is 0.144. The number of hydrogen-bond donors (Lipinski definition) is 1. The Morgan fingerprint density at radius 1 is 1.60 bits per heavy atom. The van der Waals surface area contributed by atoms with Crippen LogP contribution in [0.3, 0.4) is 0 Å². The second-order valence-corrected chi connectivity index (χ2v) is 5.79. The maximum absolute atomic E-state index is 11.3. The van der Waals surface area contributed by atoms with Gasteiger partial charge in [0.2, 0.25) is 5.91 Å². The van der Waals surface area contributed by atoms with E-state index in [1.165, 1.54) is 4.88 Å². The van der Waals surface area contributed by atoms with E-state index in [2.05, 4.69) is 30.6 Å². The number of amides is 1. The van der Waals surface area contributed by atoms with Crippen molar-refractivity contribution in [1.82, 2.24) is 5.32 Å². The molecule has 0 spiro atoms. The molecule has 1 aromatic heterocycles. The summed E-state index contributed by atoms with van der Waals surface area (Å²) >= 11 is 3.41. The Bertz CT molecular complexity index is 283. The fourth-order valence-electron chi connectivity index (χ4n) is 1.01. The minimum Gasteiger partial charge on any atom is -0.355 e. The van der Waals surface area contributed by atoms with E-state index in [0.29, 0.717) is 11.7 Å². The van der Waals surface area contributed by atoms with Gasteiger partial charge in [0.1, 0.15) is 0 Å². The molecule has 0 fully saturated rings. The molecule has 0 aliphatic heterocycles. The number of thioether (sulfide) groups is 1. The SMILES string of the molecule is CC(C)CNC(=O)CSCc1cccs1. The van der Waals surface area contributed by atoms with Crippen molar-refractivity contribution in [2.24, 2.45) is 5.92 Å². The average Bonchev–Trinajstić information content (AvgIpc) is 2.67. The van der Waals surface area contributed by atoms with Gasteiger partial charge in [-0.05, 0) is 17.4 Å². The second kappa shape index (κ2) is 6.90. The maximum atomic E-state index is 11.3.